The van der Waals surface area contributed by atoms with Gasteiger partial charge in [-0.05, 0) is 30.5 Å². The average Bonchev–Trinajstić information content (AvgIpc) is 2.39. The molecule has 0 saturated heterocycles. The van der Waals surface area contributed by atoms with Gasteiger partial charge >= 0.3 is 5.97 Å². The van der Waals surface area contributed by atoms with Crippen molar-refractivity contribution < 1.29 is 19.7 Å². The van der Waals surface area contributed by atoms with E-state index in [2.05, 4.69) is 6.92 Å². The van der Waals surface area contributed by atoms with E-state index in [4.69, 9.17) is 4.74 Å². The molecule has 19 heavy (non-hydrogen) atoms. The van der Waals surface area contributed by atoms with Crippen LogP contribution in [-0.2, 0) is 10.4 Å². The second-order valence-corrected chi connectivity index (χ2v) is 4.65. The first-order valence-electron chi connectivity index (χ1n) is 6.73. The normalized spacial score (nSPS) is 13.8. The van der Waals surface area contributed by atoms with Gasteiger partial charge in [-0.25, -0.2) is 4.79 Å². The fraction of sp³-hybridized carbons (Fsp3) is 0.533. The molecule has 0 aliphatic rings. The SMILES string of the molecule is CCCCOc1cccc([C@](O)(CCC)C(=O)O)c1. The molecule has 0 spiro atoms. The lowest BCUT2D eigenvalue weighted by Crippen LogP contribution is -2.35. The summed E-state index contributed by atoms with van der Waals surface area (Å²) >= 11 is 0. The first-order valence-corrected chi connectivity index (χ1v) is 6.73. The van der Waals surface area contributed by atoms with Crippen LogP contribution in [0, 0.1) is 0 Å². The van der Waals surface area contributed by atoms with Crippen molar-refractivity contribution in [3.63, 3.8) is 0 Å². The van der Waals surface area contributed by atoms with Gasteiger partial charge in [0.05, 0.1) is 6.61 Å². The second kappa shape index (κ2) is 7.14. The van der Waals surface area contributed by atoms with Crippen LogP contribution < -0.4 is 4.74 Å². The van der Waals surface area contributed by atoms with Crippen molar-refractivity contribution in [1.82, 2.24) is 0 Å². The minimum Gasteiger partial charge on any atom is -0.494 e. The fourth-order valence-corrected chi connectivity index (χ4v) is 1.91. The third kappa shape index (κ3) is 3.96. The van der Waals surface area contributed by atoms with Crippen molar-refractivity contribution in [2.75, 3.05) is 6.61 Å². The van der Waals surface area contributed by atoms with Gasteiger partial charge in [0.15, 0.2) is 5.60 Å². The molecule has 4 heteroatoms. The second-order valence-electron chi connectivity index (χ2n) is 4.65. The lowest BCUT2D eigenvalue weighted by molar-refractivity contribution is -0.160. The number of aliphatic carboxylic acids is 1. The number of hydrogen-bond donors (Lipinski definition) is 2. The van der Waals surface area contributed by atoms with Crippen LogP contribution in [0.4, 0.5) is 0 Å². The average molecular weight is 266 g/mol. The zero-order valence-electron chi connectivity index (χ0n) is 11.6. The molecular weight excluding hydrogens is 244 g/mol. The molecule has 0 aliphatic heterocycles. The molecule has 1 aromatic rings. The van der Waals surface area contributed by atoms with E-state index in [0.29, 0.717) is 24.3 Å². The third-order valence-electron chi connectivity index (χ3n) is 3.04. The fourth-order valence-electron chi connectivity index (χ4n) is 1.91. The number of hydrogen-bond acceptors (Lipinski definition) is 3. The zero-order chi connectivity index (χ0) is 14.3. The van der Waals surface area contributed by atoms with Crippen LogP contribution in [-0.4, -0.2) is 22.8 Å². The molecule has 0 fully saturated rings. The molecule has 2 N–H and O–H groups in total. The van der Waals surface area contributed by atoms with E-state index in [0.717, 1.165) is 12.8 Å². The Labute approximate surface area is 114 Å². The predicted octanol–water partition coefficient (Wildman–Crippen LogP) is 2.94. The van der Waals surface area contributed by atoms with Crippen LogP contribution >= 0.6 is 0 Å². The highest BCUT2D eigenvalue weighted by atomic mass is 16.5. The van der Waals surface area contributed by atoms with E-state index in [9.17, 15) is 15.0 Å². The Balaban J connectivity index is 2.92. The van der Waals surface area contributed by atoms with Gasteiger partial charge in [-0.2, -0.15) is 0 Å². The van der Waals surface area contributed by atoms with Crippen LogP contribution in [0.1, 0.15) is 45.1 Å². The van der Waals surface area contributed by atoms with Crippen LogP contribution in [0.15, 0.2) is 24.3 Å². The molecule has 0 unspecified atom stereocenters. The standard InChI is InChI=1S/C15H22O4/c1-3-5-10-19-13-8-6-7-12(11-13)15(18,9-4-2)14(16)17/h6-8,11,18H,3-5,9-10H2,1-2H3,(H,16,17)/t15-/m1/s1. The van der Waals surface area contributed by atoms with Gasteiger partial charge in [0.25, 0.3) is 0 Å². The minimum atomic E-state index is -1.83. The molecule has 106 valence electrons. The quantitative estimate of drug-likeness (QED) is 0.710. The molecule has 1 rings (SSSR count). The molecule has 0 aliphatic carbocycles. The van der Waals surface area contributed by atoms with Crippen molar-refractivity contribution in [3.8, 4) is 5.75 Å². The summed E-state index contributed by atoms with van der Waals surface area (Å²) in [6, 6.07) is 6.71. The Bertz CT molecular complexity index is 416. The Morgan fingerprint density at radius 2 is 2.05 bits per heavy atom. The van der Waals surface area contributed by atoms with Crippen LogP contribution in [0.2, 0.25) is 0 Å². The first-order chi connectivity index (χ1) is 9.04. The largest absolute Gasteiger partial charge is 0.494 e. The summed E-state index contributed by atoms with van der Waals surface area (Å²) < 4.78 is 5.54. The third-order valence-corrected chi connectivity index (χ3v) is 3.04. The molecule has 0 heterocycles. The van der Waals surface area contributed by atoms with Gasteiger partial charge in [0.2, 0.25) is 0 Å². The number of ether oxygens (including phenoxy) is 1. The van der Waals surface area contributed by atoms with Crippen molar-refractivity contribution in [3.05, 3.63) is 29.8 Å². The molecular formula is C15H22O4. The maximum Gasteiger partial charge on any atom is 0.340 e. The highest BCUT2D eigenvalue weighted by Crippen LogP contribution is 2.29. The predicted molar refractivity (Wildman–Crippen MR) is 73.3 cm³/mol. The van der Waals surface area contributed by atoms with Gasteiger partial charge in [-0.3, -0.25) is 0 Å². The number of carbonyl (C=O) groups is 1. The van der Waals surface area contributed by atoms with E-state index in [1.54, 1.807) is 24.3 Å². The summed E-state index contributed by atoms with van der Waals surface area (Å²) in [6.07, 6.45) is 2.75. The number of unbranched alkanes of at least 4 members (excludes halogenated alkanes) is 1. The van der Waals surface area contributed by atoms with Gasteiger partial charge in [0.1, 0.15) is 5.75 Å². The van der Waals surface area contributed by atoms with Crippen LogP contribution in [0.25, 0.3) is 0 Å². The van der Waals surface area contributed by atoms with Crippen LogP contribution in [0.3, 0.4) is 0 Å². The van der Waals surface area contributed by atoms with E-state index in [1.807, 2.05) is 6.92 Å². The zero-order valence-corrected chi connectivity index (χ0v) is 11.6. The van der Waals surface area contributed by atoms with Gasteiger partial charge in [-0.1, -0.05) is 38.8 Å². The summed E-state index contributed by atoms with van der Waals surface area (Å²) in [4.78, 5) is 11.3. The number of aliphatic hydroxyl groups is 1. The molecule has 0 radical (unpaired) electrons. The number of carboxylic acid groups (broad SMARTS) is 1. The van der Waals surface area contributed by atoms with E-state index < -0.39 is 11.6 Å². The number of rotatable bonds is 8. The monoisotopic (exact) mass is 266 g/mol. The molecule has 4 nitrogen and oxygen atoms in total. The van der Waals surface area contributed by atoms with E-state index in [-0.39, 0.29) is 6.42 Å². The maximum atomic E-state index is 11.3. The maximum absolute atomic E-state index is 11.3. The highest BCUT2D eigenvalue weighted by molar-refractivity contribution is 5.79. The van der Waals surface area contributed by atoms with Crippen molar-refractivity contribution >= 4 is 5.97 Å². The van der Waals surface area contributed by atoms with E-state index in [1.165, 1.54) is 0 Å². The van der Waals surface area contributed by atoms with Gasteiger partial charge in [0, 0.05) is 0 Å². The van der Waals surface area contributed by atoms with Crippen LogP contribution in [0.5, 0.6) is 5.75 Å². The Morgan fingerprint density at radius 3 is 2.63 bits per heavy atom. The molecule has 1 aromatic carbocycles. The lowest BCUT2D eigenvalue weighted by atomic mass is 9.89. The summed E-state index contributed by atoms with van der Waals surface area (Å²) in [6.45, 7) is 4.51. The Kier molecular flexibility index (Phi) is 5.83. The van der Waals surface area contributed by atoms with E-state index >= 15 is 0 Å². The topological polar surface area (TPSA) is 66.8 Å². The lowest BCUT2D eigenvalue weighted by Gasteiger charge is -2.23. The minimum absolute atomic E-state index is 0.181. The summed E-state index contributed by atoms with van der Waals surface area (Å²) in [7, 11) is 0. The van der Waals surface area contributed by atoms with Gasteiger partial charge < -0.3 is 14.9 Å². The van der Waals surface area contributed by atoms with Crippen molar-refractivity contribution in [2.24, 2.45) is 0 Å². The first kappa shape index (κ1) is 15.5. The number of benzene rings is 1. The van der Waals surface area contributed by atoms with Gasteiger partial charge in [-0.15, -0.1) is 0 Å². The molecule has 0 bridgehead atoms. The summed E-state index contributed by atoms with van der Waals surface area (Å²) in [5.74, 6) is -0.623. The summed E-state index contributed by atoms with van der Waals surface area (Å²) in [5.41, 5.74) is -1.46. The Hall–Kier alpha value is -1.55. The molecule has 1 atom stereocenters. The van der Waals surface area contributed by atoms with Crippen molar-refractivity contribution in [1.29, 1.82) is 0 Å². The van der Waals surface area contributed by atoms with Crippen molar-refractivity contribution in [2.45, 2.75) is 45.1 Å². The molecule has 0 aromatic heterocycles. The summed E-state index contributed by atoms with van der Waals surface area (Å²) in [5, 5.41) is 19.5. The molecule has 0 saturated carbocycles. The number of carboxylic acids is 1. The Morgan fingerprint density at radius 1 is 1.32 bits per heavy atom. The molecule has 0 amide bonds. The highest BCUT2D eigenvalue weighted by Gasteiger charge is 2.37. The smallest absolute Gasteiger partial charge is 0.340 e.